The molecule has 0 radical (unpaired) electrons. The smallest absolute Gasteiger partial charge is 0.257 e. The van der Waals surface area contributed by atoms with Gasteiger partial charge in [-0.3, -0.25) is 4.79 Å². The van der Waals surface area contributed by atoms with E-state index in [0.29, 0.717) is 24.5 Å². The Morgan fingerprint density at radius 1 is 1.56 bits per heavy atom. The third kappa shape index (κ3) is 2.52. The first-order chi connectivity index (χ1) is 8.59. The van der Waals surface area contributed by atoms with Crippen LogP contribution in [0.1, 0.15) is 10.4 Å². The van der Waals surface area contributed by atoms with E-state index in [0.717, 1.165) is 10.6 Å². The standard InChI is InChI=1S/C12H14F2N2O2/c1-16(7-10(13)14)12(17)8-3-2-4-9-11(8)18-6-5-15-9/h2-4,10,15H,5-7H2,1H3. The zero-order chi connectivity index (χ0) is 13.1. The van der Waals surface area contributed by atoms with Crippen molar-refractivity contribution in [3.8, 4) is 5.75 Å². The van der Waals surface area contributed by atoms with E-state index in [1.54, 1.807) is 18.2 Å². The van der Waals surface area contributed by atoms with E-state index in [2.05, 4.69) is 5.32 Å². The molecule has 0 saturated carbocycles. The number of nitrogens with zero attached hydrogens (tertiary/aromatic N) is 1. The second-order valence-electron chi connectivity index (χ2n) is 4.03. The molecule has 0 bridgehead atoms. The van der Waals surface area contributed by atoms with Gasteiger partial charge in [-0.2, -0.15) is 0 Å². The van der Waals surface area contributed by atoms with Crippen molar-refractivity contribution in [1.29, 1.82) is 0 Å². The van der Waals surface area contributed by atoms with Gasteiger partial charge in [0.1, 0.15) is 6.61 Å². The monoisotopic (exact) mass is 256 g/mol. The minimum atomic E-state index is -2.54. The van der Waals surface area contributed by atoms with Crippen LogP contribution >= 0.6 is 0 Å². The molecule has 2 rings (SSSR count). The van der Waals surface area contributed by atoms with E-state index in [-0.39, 0.29) is 0 Å². The summed E-state index contributed by atoms with van der Waals surface area (Å²) in [5, 5.41) is 3.09. The molecule has 1 aliphatic rings. The maximum absolute atomic E-state index is 12.3. The molecule has 1 aliphatic heterocycles. The average Bonchev–Trinajstić information content (AvgIpc) is 2.36. The number of carbonyl (C=O) groups excluding carboxylic acids is 1. The number of rotatable bonds is 3. The molecule has 0 saturated heterocycles. The third-order valence-corrected chi connectivity index (χ3v) is 2.67. The lowest BCUT2D eigenvalue weighted by Crippen LogP contribution is -2.32. The molecular weight excluding hydrogens is 242 g/mol. The van der Waals surface area contributed by atoms with Crippen LogP contribution in [0.5, 0.6) is 5.75 Å². The van der Waals surface area contributed by atoms with Gasteiger partial charge in [0.25, 0.3) is 12.3 Å². The number of hydrogen-bond donors (Lipinski definition) is 1. The number of para-hydroxylation sites is 1. The fourth-order valence-electron chi connectivity index (χ4n) is 1.83. The molecule has 0 spiro atoms. The quantitative estimate of drug-likeness (QED) is 0.897. The summed E-state index contributed by atoms with van der Waals surface area (Å²) in [6.07, 6.45) is -2.54. The van der Waals surface area contributed by atoms with Gasteiger partial charge >= 0.3 is 0 Å². The van der Waals surface area contributed by atoms with Crippen LogP contribution in [0.4, 0.5) is 14.5 Å². The second kappa shape index (κ2) is 5.20. The Labute approximate surface area is 104 Å². The number of benzene rings is 1. The van der Waals surface area contributed by atoms with Crippen molar-refractivity contribution in [2.45, 2.75) is 6.43 Å². The molecule has 1 aromatic carbocycles. The Bertz CT molecular complexity index is 452. The molecule has 0 aromatic heterocycles. The predicted octanol–water partition coefficient (Wildman–Crippen LogP) is 1.83. The van der Waals surface area contributed by atoms with Crippen molar-refractivity contribution in [3.63, 3.8) is 0 Å². The van der Waals surface area contributed by atoms with Gasteiger partial charge in [0.05, 0.1) is 17.8 Å². The molecule has 0 atom stereocenters. The second-order valence-corrected chi connectivity index (χ2v) is 4.03. The molecule has 18 heavy (non-hydrogen) atoms. The minimum Gasteiger partial charge on any atom is -0.489 e. The summed E-state index contributed by atoms with van der Waals surface area (Å²) >= 11 is 0. The molecule has 98 valence electrons. The fraction of sp³-hybridized carbons (Fsp3) is 0.417. The summed E-state index contributed by atoms with van der Waals surface area (Å²) < 4.78 is 30.0. The Kier molecular flexibility index (Phi) is 3.64. The average molecular weight is 256 g/mol. The Morgan fingerprint density at radius 3 is 3.06 bits per heavy atom. The highest BCUT2D eigenvalue weighted by Crippen LogP contribution is 2.31. The van der Waals surface area contributed by atoms with Crippen molar-refractivity contribution in [2.24, 2.45) is 0 Å². The molecule has 0 unspecified atom stereocenters. The van der Waals surface area contributed by atoms with Crippen molar-refractivity contribution in [3.05, 3.63) is 23.8 Å². The van der Waals surface area contributed by atoms with Crippen LogP contribution in [0.2, 0.25) is 0 Å². The number of hydrogen-bond acceptors (Lipinski definition) is 3. The molecular formula is C12H14F2N2O2. The highest BCUT2D eigenvalue weighted by atomic mass is 19.3. The summed E-state index contributed by atoms with van der Waals surface area (Å²) in [5.41, 5.74) is 1.03. The number of nitrogens with one attached hydrogen (secondary N) is 1. The lowest BCUT2D eigenvalue weighted by molar-refractivity contribution is 0.0616. The minimum absolute atomic E-state index is 0.308. The number of carbonyl (C=O) groups is 1. The molecule has 0 aliphatic carbocycles. The van der Waals surface area contributed by atoms with Crippen LogP contribution in [0.15, 0.2) is 18.2 Å². The summed E-state index contributed by atoms with van der Waals surface area (Å²) in [6, 6.07) is 5.07. The fourth-order valence-corrected chi connectivity index (χ4v) is 1.83. The van der Waals surface area contributed by atoms with Gasteiger partial charge in [0, 0.05) is 13.6 Å². The van der Waals surface area contributed by atoms with E-state index in [4.69, 9.17) is 4.74 Å². The maximum atomic E-state index is 12.3. The van der Waals surface area contributed by atoms with Gasteiger partial charge in [-0.05, 0) is 12.1 Å². The number of halogens is 2. The summed E-state index contributed by atoms with van der Waals surface area (Å²) in [5.74, 6) is -0.0225. The highest BCUT2D eigenvalue weighted by molar-refractivity contribution is 5.98. The van der Waals surface area contributed by atoms with E-state index < -0.39 is 18.9 Å². The largest absolute Gasteiger partial charge is 0.489 e. The first-order valence-corrected chi connectivity index (χ1v) is 5.63. The zero-order valence-electron chi connectivity index (χ0n) is 9.95. The van der Waals surface area contributed by atoms with E-state index >= 15 is 0 Å². The highest BCUT2D eigenvalue weighted by Gasteiger charge is 2.22. The van der Waals surface area contributed by atoms with Gasteiger partial charge in [0.2, 0.25) is 0 Å². The van der Waals surface area contributed by atoms with Crippen molar-refractivity contribution >= 4 is 11.6 Å². The lowest BCUT2D eigenvalue weighted by atomic mass is 10.1. The van der Waals surface area contributed by atoms with E-state index in [9.17, 15) is 13.6 Å². The molecule has 4 nitrogen and oxygen atoms in total. The summed E-state index contributed by atoms with van der Waals surface area (Å²) in [7, 11) is 1.35. The molecule has 1 aromatic rings. The van der Waals surface area contributed by atoms with Crippen LogP contribution in [-0.4, -0.2) is 44.0 Å². The molecule has 1 amide bonds. The van der Waals surface area contributed by atoms with Crippen LogP contribution in [0, 0.1) is 0 Å². The van der Waals surface area contributed by atoms with Crippen LogP contribution in [-0.2, 0) is 0 Å². The normalized spacial score (nSPS) is 13.6. The topological polar surface area (TPSA) is 41.6 Å². The lowest BCUT2D eigenvalue weighted by Gasteiger charge is -2.23. The van der Waals surface area contributed by atoms with Gasteiger partial charge < -0.3 is 15.0 Å². The molecule has 1 heterocycles. The molecule has 0 fully saturated rings. The molecule has 1 N–H and O–H groups in total. The number of amides is 1. The van der Waals surface area contributed by atoms with Crippen molar-refractivity contribution in [2.75, 3.05) is 32.1 Å². The Morgan fingerprint density at radius 2 is 2.33 bits per heavy atom. The van der Waals surface area contributed by atoms with Crippen LogP contribution in [0.25, 0.3) is 0 Å². The predicted molar refractivity (Wildman–Crippen MR) is 63.4 cm³/mol. The molecule has 6 heteroatoms. The van der Waals surface area contributed by atoms with Gasteiger partial charge in [-0.1, -0.05) is 6.07 Å². The van der Waals surface area contributed by atoms with Gasteiger partial charge in [-0.15, -0.1) is 0 Å². The maximum Gasteiger partial charge on any atom is 0.257 e. The number of fused-ring (bicyclic) bond motifs is 1. The third-order valence-electron chi connectivity index (χ3n) is 2.67. The number of ether oxygens (including phenoxy) is 1. The number of alkyl halides is 2. The van der Waals surface area contributed by atoms with Crippen LogP contribution < -0.4 is 10.1 Å². The number of anilines is 1. The van der Waals surface area contributed by atoms with Crippen LogP contribution in [0.3, 0.4) is 0 Å². The Balaban J connectivity index is 2.25. The van der Waals surface area contributed by atoms with Crippen molar-refractivity contribution < 1.29 is 18.3 Å². The van der Waals surface area contributed by atoms with Gasteiger partial charge in [-0.25, -0.2) is 8.78 Å². The van der Waals surface area contributed by atoms with E-state index in [1.165, 1.54) is 7.05 Å². The zero-order valence-corrected chi connectivity index (χ0v) is 9.95. The van der Waals surface area contributed by atoms with Gasteiger partial charge in [0.15, 0.2) is 5.75 Å². The van der Waals surface area contributed by atoms with Crippen molar-refractivity contribution in [1.82, 2.24) is 4.90 Å². The summed E-state index contributed by atoms with van der Waals surface area (Å²) in [4.78, 5) is 13.0. The SMILES string of the molecule is CN(CC(F)F)C(=O)c1cccc2c1OCCN2. The Hall–Kier alpha value is -1.85. The first-order valence-electron chi connectivity index (χ1n) is 5.63. The first kappa shape index (κ1) is 12.6. The van der Waals surface area contributed by atoms with E-state index in [1.807, 2.05) is 0 Å². The summed E-state index contributed by atoms with van der Waals surface area (Å²) in [6.45, 7) is 0.531.